The molecule has 0 radical (unpaired) electrons. The minimum atomic E-state index is -3.54. The van der Waals surface area contributed by atoms with Gasteiger partial charge in [-0.3, -0.25) is 0 Å². The van der Waals surface area contributed by atoms with Crippen molar-refractivity contribution in [3.8, 4) is 0 Å². The fourth-order valence-corrected chi connectivity index (χ4v) is 4.40. The zero-order valence-electron chi connectivity index (χ0n) is 12.8. The average molecular weight is 298 g/mol. The molecule has 0 saturated carbocycles. The van der Waals surface area contributed by atoms with E-state index in [1.165, 1.54) is 0 Å². The molecule has 4 nitrogen and oxygen atoms in total. The Morgan fingerprint density at radius 2 is 1.70 bits per heavy atom. The smallest absolute Gasteiger partial charge is 0.245 e. The monoisotopic (exact) mass is 298 g/mol. The van der Waals surface area contributed by atoms with Crippen molar-refractivity contribution in [3.63, 3.8) is 0 Å². The molecule has 114 valence electrons. The number of benzene rings is 1. The molecule has 0 spiro atoms. The van der Waals surface area contributed by atoms with Crippen LogP contribution in [0.4, 0.5) is 5.69 Å². The van der Waals surface area contributed by atoms with Gasteiger partial charge in [0.1, 0.15) is 4.90 Å². The van der Waals surface area contributed by atoms with Crippen molar-refractivity contribution in [3.05, 3.63) is 24.3 Å². The summed E-state index contributed by atoms with van der Waals surface area (Å²) >= 11 is 0. The maximum Gasteiger partial charge on any atom is 0.245 e. The SMILES string of the molecule is CCC(CC)N(CC(C)C)S(=O)(=O)c1ccccc1N. The van der Waals surface area contributed by atoms with Crippen LogP contribution in [0.1, 0.15) is 40.5 Å². The van der Waals surface area contributed by atoms with Crippen LogP contribution in [0.15, 0.2) is 29.2 Å². The predicted octanol–water partition coefficient (Wildman–Crippen LogP) is 3.10. The first-order valence-electron chi connectivity index (χ1n) is 7.20. The largest absolute Gasteiger partial charge is 0.398 e. The zero-order valence-corrected chi connectivity index (χ0v) is 13.7. The lowest BCUT2D eigenvalue weighted by Gasteiger charge is -2.31. The highest BCUT2D eigenvalue weighted by Gasteiger charge is 2.31. The molecule has 0 aliphatic rings. The van der Waals surface area contributed by atoms with Gasteiger partial charge in [0, 0.05) is 12.6 Å². The molecule has 0 aliphatic heterocycles. The molecule has 0 aliphatic carbocycles. The minimum absolute atomic E-state index is 0.0157. The Hall–Kier alpha value is -1.07. The van der Waals surface area contributed by atoms with Gasteiger partial charge in [-0.1, -0.05) is 39.8 Å². The summed E-state index contributed by atoms with van der Waals surface area (Å²) in [6.45, 7) is 8.61. The molecule has 0 fully saturated rings. The van der Waals surface area contributed by atoms with Gasteiger partial charge in [0.25, 0.3) is 0 Å². The van der Waals surface area contributed by atoms with Crippen molar-refractivity contribution >= 4 is 15.7 Å². The predicted molar refractivity (Wildman–Crippen MR) is 84.0 cm³/mol. The Bertz CT molecular complexity index is 522. The number of hydrogen-bond donors (Lipinski definition) is 1. The Labute approximate surface area is 123 Å². The number of rotatable bonds is 7. The van der Waals surface area contributed by atoms with Crippen LogP contribution in [-0.2, 0) is 10.0 Å². The van der Waals surface area contributed by atoms with Crippen LogP contribution in [0.3, 0.4) is 0 Å². The lowest BCUT2D eigenvalue weighted by Crippen LogP contribution is -2.42. The zero-order chi connectivity index (χ0) is 15.3. The molecular formula is C15H26N2O2S. The molecule has 0 unspecified atom stereocenters. The normalized spacial score (nSPS) is 12.6. The summed E-state index contributed by atoms with van der Waals surface area (Å²) in [5.74, 6) is 0.273. The number of nitrogens with zero attached hydrogens (tertiary/aromatic N) is 1. The van der Waals surface area contributed by atoms with Crippen molar-refractivity contribution in [1.82, 2.24) is 4.31 Å². The van der Waals surface area contributed by atoms with Gasteiger partial charge in [-0.25, -0.2) is 8.42 Å². The summed E-state index contributed by atoms with van der Waals surface area (Å²) < 4.78 is 27.4. The van der Waals surface area contributed by atoms with Gasteiger partial charge in [0.2, 0.25) is 10.0 Å². The van der Waals surface area contributed by atoms with E-state index in [0.717, 1.165) is 12.8 Å². The van der Waals surface area contributed by atoms with E-state index in [0.29, 0.717) is 12.2 Å². The van der Waals surface area contributed by atoms with E-state index in [2.05, 4.69) is 0 Å². The topological polar surface area (TPSA) is 63.4 Å². The lowest BCUT2D eigenvalue weighted by molar-refractivity contribution is 0.277. The first-order chi connectivity index (χ1) is 9.34. The second-order valence-corrected chi connectivity index (χ2v) is 7.34. The molecular weight excluding hydrogens is 272 g/mol. The molecule has 2 N–H and O–H groups in total. The first-order valence-corrected chi connectivity index (χ1v) is 8.64. The van der Waals surface area contributed by atoms with Crippen LogP contribution in [0.2, 0.25) is 0 Å². The fraction of sp³-hybridized carbons (Fsp3) is 0.600. The molecule has 0 aromatic heterocycles. The highest BCUT2D eigenvalue weighted by Crippen LogP contribution is 2.26. The Kier molecular flexibility index (Phi) is 6.02. The van der Waals surface area contributed by atoms with Gasteiger partial charge in [0.15, 0.2) is 0 Å². The quantitative estimate of drug-likeness (QED) is 0.787. The number of anilines is 1. The van der Waals surface area contributed by atoms with Crippen molar-refractivity contribution in [2.24, 2.45) is 5.92 Å². The number of nitrogens with two attached hydrogens (primary N) is 1. The highest BCUT2D eigenvalue weighted by atomic mass is 32.2. The van der Waals surface area contributed by atoms with E-state index in [4.69, 9.17) is 5.73 Å². The van der Waals surface area contributed by atoms with E-state index in [1.807, 2.05) is 27.7 Å². The van der Waals surface area contributed by atoms with E-state index < -0.39 is 10.0 Å². The van der Waals surface area contributed by atoms with E-state index in [1.54, 1.807) is 28.6 Å². The molecule has 0 amide bonds. The van der Waals surface area contributed by atoms with Gasteiger partial charge in [-0.05, 0) is 30.9 Å². The van der Waals surface area contributed by atoms with Crippen molar-refractivity contribution in [2.45, 2.75) is 51.5 Å². The second kappa shape index (κ2) is 7.09. The maximum absolute atomic E-state index is 12.9. The van der Waals surface area contributed by atoms with Gasteiger partial charge in [-0.15, -0.1) is 0 Å². The molecule has 1 aromatic carbocycles. The summed E-state index contributed by atoms with van der Waals surface area (Å²) in [7, 11) is -3.54. The third kappa shape index (κ3) is 3.73. The van der Waals surface area contributed by atoms with Crippen LogP contribution in [0.25, 0.3) is 0 Å². The van der Waals surface area contributed by atoms with Crippen molar-refractivity contribution in [2.75, 3.05) is 12.3 Å². The summed E-state index contributed by atoms with van der Waals surface area (Å²) in [6.07, 6.45) is 1.60. The van der Waals surface area contributed by atoms with E-state index >= 15 is 0 Å². The molecule has 0 bridgehead atoms. The Balaban J connectivity index is 3.27. The van der Waals surface area contributed by atoms with Gasteiger partial charge >= 0.3 is 0 Å². The molecule has 0 saturated heterocycles. The summed E-state index contributed by atoms with van der Waals surface area (Å²) in [4.78, 5) is 0.215. The number of hydrogen-bond acceptors (Lipinski definition) is 3. The summed E-state index contributed by atoms with van der Waals surface area (Å²) in [6, 6.07) is 6.69. The number of sulfonamides is 1. The first kappa shape index (κ1) is 17.0. The lowest BCUT2D eigenvalue weighted by atomic mass is 10.1. The summed E-state index contributed by atoms with van der Waals surface area (Å²) in [5.41, 5.74) is 6.16. The molecule has 5 heteroatoms. The summed E-state index contributed by atoms with van der Waals surface area (Å²) in [5, 5.41) is 0. The Morgan fingerprint density at radius 1 is 1.15 bits per heavy atom. The van der Waals surface area contributed by atoms with Crippen molar-refractivity contribution in [1.29, 1.82) is 0 Å². The molecule has 0 atom stereocenters. The third-order valence-electron chi connectivity index (χ3n) is 3.40. The number of para-hydroxylation sites is 1. The van der Waals surface area contributed by atoms with Crippen LogP contribution >= 0.6 is 0 Å². The van der Waals surface area contributed by atoms with Crippen molar-refractivity contribution < 1.29 is 8.42 Å². The maximum atomic E-state index is 12.9. The average Bonchev–Trinajstić information content (AvgIpc) is 2.38. The second-order valence-electron chi connectivity index (χ2n) is 5.48. The molecule has 20 heavy (non-hydrogen) atoms. The molecule has 1 aromatic rings. The standard InChI is InChI=1S/C15H26N2O2S/c1-5-13(6-2)17(11-12(3)4)20(18,19)15-10-8-7-9-14(15)16/h7-10,12-13H,5-6,11,16H2,1-4H3. The van der Waals surface area contributed by atoms with Crippen LogP contribution in [-0.4, -0.2) is 25.3 Å². The highest BCUT2D eigenvalue weighted by molar-refractivity contribution is 7.89. The third-order valence-corrected chi connectivity index (χ3v) is 5.39. The van der Waals surface area contributed by atoms with Gasteiger partial charge < -0.3 is 5.73 Å². The van der Waals surface area contributed by atoms with Crippen LogP contribution in [0.5, 0.6) is 0 Å². The number of nitrogen functional groups attached to an aromatic ring is 1. The molecule has 0 heterocycles. The molecule has 1 rings (SSSR count). The fourth-order valence-electron chi connectivity index (χ4n) is 2.34. The van der Waals surface area contributed by atoms with Gasteiger partial charge in [-0.2, -0.15) is 4.31 Å². The Morgan fingerprint density at radius 3 is 2.15 bits per heavy atom. The minimum Gasteiger partial charge on any atom is -0.398 e. The van der Waals surface area contributed by atoms with Gasteiger partial charge in [0.05, 0.1) is 5.69 Å². The van der Waals surface area contributed by atoms with E-state index in [-0.39, 0.29) is 16.9 Å². The van der Waals surface area contributed by atoms with Crippen LogP contribution < -0.4 is 5.73 Å². The van der Waals surface area contributed by atoms with Crippen LogP contribution in [0, 0.1) is 5.92 Å². The van der Waals surface area contributed by atoms with E-state index in [9.17, 15) is 8.42 Å².